The largest absolute Gasteiger partial charge is 0.497 e. The second kappa shape index (κ2) is 8.97. The fourth-order valence-corrected chi connectivity index (χ4v) is 3.40. The van der Waals surface area contributed by atoms with Gasteiger partial charge in [0.1, 0.15) is 17.5 Å². The Hall–Kier alpha value is -2.73. The predicted octanol–water partition coefficient (Wildman–Crippen LogP) is 3.75. The molecular formula is C21H23ClN2O4. The number of para-hydroxylation sites is 1. The maximum atomic E-state index is 12.9. The lowest BCUT2D eigenvalue weighted by Gasteiger charge is -2.27. The number of anilines is 1. The number of likely N-dealkylation sites (tertiary alicyclic amines) is 1. The highest BCUT2D eigenvalue weighted by molar-refractivity contribution is 6.32. The molecule has 2 aromatic carbocycles. The molecule has 28 heavy (non-hydrogen) atoms. The molecule has 1 aliphatic heterocycles. The summed E-state index contributed by atoms with van der Waals surface area (Å²) < 4.78 is 10.8. The Bertz CT molecular complexity index is 841. The average molecular weight is 403 g/mol. The smallest absolute Gasteiger partial charge is 0.264 e. The number of methoxy groups -OCH3 is 1. The number of nitrogens with one attached hydrogen (secondary N) is 1. The third-order valence-electron chi connectivity index (χ3n) is 4.68. The number of carbonyl (C=O) groups is 2. The standard InChI is InChI=1S/C21H23ClN2O4/c1-14(28-19-8-4-3-6-17(19)22)21(26)24-13-5-7-18(24)20(25)23-15-9-11-16(27-2)12-10-15/h3-4,6,8-12,14,18H,5,7,13H2,1-2H3,(H,23,25). The van der Waals surface area contributed by atoms with E-state index in [0.717, 1.165) is 6.42 Å². The van der Waals surface area contributed by atoms with Crippen molar-refractivity contribution in [3.8, 4) is 11.5 Å². The minimum Gasteiger partial charge on any atom is -0.497 e. The van der Waals surface area contributed by atoms with Crippen molar-refractivity contribution in [3.05, 3.63) is 53.6 Å². The van der Waals surface area contributed by atoms with Gasteiger partial charge >= 0.3 is 0 Å². The van der Waals surface area contributed by atoms with Gasteiger partial charge in [-0.15, -0.1) is 0 Å². The summed E-state index contributed by atoms with van der Waals surface area (Å²) in [7, 11) is 1.58. The molecule has 7 heteroatoms. The number of nitrogens with zero attached hydrogens (tertiary/aromatic N) is 1. The quantitative estimate of drug-likeness (QED) is 0.799. The van der Waals surface area contributed by atoms with Gasteiger partial charge in [-0.1, -0.05) is 23.7 Å². The number of hydrogen-bond donors (Lipinski definition) is 1. The zero-order valence-electron chi connectivity index (χ0n) is 15.9. The first-order chi connectivity index (χ1) is 13.5. The maximum absolute atomic E-state index is 12.9. The Morgan fingerprint density at radius 3 is 2.57 bits per heavy atom. The van der Waals surface area contributed by atoms with Crippen LogP contribution in [0, 0.1) is 0 Å². The summed E-state index contributed by atoms with van der Waals surface area (Å²) in [6, 6.07) is 13.5. The Morgan fingerprint density at radius 1 is 1.18 bits per heavy atom. The van der Waals surface area contributed by atoms with Crippen LogP contribution >= 0.6 is 11.6 Å². The molecule has 2 amide bonds. The fourth-order valence-electron chi connectivity index (χ4n) is 3.22. The molecular weight excluding hydrogens is 380 g/mol. The first-order valence-corrected chi connectivity index (χ1v) is 9.54. The second-order valence-electron chi connectivity index (χ2n) is 6.60. The molecule has 0 aromatic heterocycles. The van der Waals surface area contributed by atoms with Gasteiger partial charge in [0.05, 0.1) is 12.1 Å². The molecule has 3 rings (SSSR count). The van der Waals surface area contributed by atoms with Gasteiger partial charge in [0.25, 0.3) is 5.91 Å². The Morgan fingerprint density at radius 2 is 1.89 bits per heavy atom. The molecule has 1 fully saturated rings. The molecule has 0 aliphatic carbocycles. The van der Waals surface area contributed by atoms with E-state index in [9.17, 15) is 9.59 Å². The molecule has 1 heterocycles. The van der Waals surface area contributed by atoms with Crippen molar-refractivity contribution < 1.29 is 19.1 Å². The van der Waals surface area contributed by atoms with Gasteiger partial charge in [-0.25, -0.2) is 0 Å². The number of benzene rings is 2. The average Bonchev–Trinajstić information content (AvgIpc) is 3.19. The van der Waals surface area contributed by atoms with E-state index >= 15 is 0 Å². The third kappa shape index (κ3) is 4.57. The number of halogens is 1. The summed E-state index contributed by atoms with van der Waals surface area (Å²) in [5.74, 6) is 0.720. The molecule has 0 spiro atoms. The lowest BCUT2D eigenvalue weighted by Crippen LogP contribution is -2.47. The number of amides is 2. The monoisotopic (exact) mass is 402 g/mol. The fraction of sp³-hybridized carbons (Fsp3) is 0.333. The van der Waals surface area contributed by atoms with Crippen LogP contribution in [0.5, 0.6) is 11.5 Å². The summed E-state index contributed by atoms with van der Waals surface area (Å²) in [5, 5.41) is 3.31. The number of ether oxygens (including phenoxy) is 2. The van der Waals surface area contributed by atoms with Crippen LogP contribution in [-0.4, -0.2) is 42.5 Å². The SMILES string of the molecule is COc1ccc(NC(=O)C2CCCN2C(=O)C(C)Oc2ccccc2Cl)cc1. The van der Waals surface area contributed by atoms with E-state index in [2.05, 4.69) is 5.32 Å². The molecule has 6 nitrogen and oxygen atoms in total. The van der Waals surface area contributed by atoms with E-state index in [0.29, 0.717) is 35.2 Å². The van der Waals surface area contributed by atoms with Crippen LogP contribution < -0.4 is 14.8 Å². The van der Waals surface area contributed by atoms with Crippen LogP contribution in [0.1, 0.15) is 19.8 Å². The molecule has 2 unspecified atom stereocenters. The van der Waals surface area contributed by atoms with Gasteiger partial charge in [0.15, 0.2) is 6.10 Å². The summed E-state index contributed by atoms with van der Waals surface area (Å²) in [5.41, 5.74) is 0.658. The second-order valence-corrected chi connectivity index (χ2v) is 7.01. The lowest BCUT2D eigenvalue weighted by atomic mass is 10.2. The highest BCUT2D eigenvalue weighted by Crippen LogP contribution is 2.26. The number of hydrogen-bond acceptors (Lipinski definition) is 4. The van der Waals surface area contributed by atoms with E-state index in [1.165, 1.54) is 0 Å². The summed E-state index contributed by atoms with van der Waals surface area (Å²) in [4.78, 5) is 27.2. The number of rotatable bonds is 6. The minimum absolute atomic E-state index is 0.207. The summed E-state index contributed by atoms with van der Waals surface area (Å²) in [6.45, 7) is 2.19. The Balaban J connectivity index is 1.64. The Labute approximate surface area is 169 Å². The van der Waals surface area contributed by atoms with Crippen LogP contribution in [0.15, 0.2) is 48.5 Å². The molecule has 1 N–H and O–H groups in total. The van der Waals surface area contributed by atoms with Gasteiger partial charge in [0, 0.05) is 12.2 Å². The van der Waals surface area contributed by atoms with Crippen LogP contribution in [0.4, 0.5) is 5.69 Å². The molecule has 0 radical (unpaired) electrons. The van der Waals surface area contributed by atoms with E-state index in [1.54, 1.807) is 67.5 Å². The van der Waals surface area contributed by atoms with Crippen molar-refractivity contribution >= 4 is 29.1 Å². The van der Waals surface area contributed by atoms with Gasteiger partial charge < -0.3 is 19.7 Å². The molecule has 0 saturated carbocycles. The molecule has 1 aliphatic rings. The molecule has 2 aromatic rings. The zero-order valence-corrected chi connectivity index (χ0v) is 16.6. The predicted molar refractivity (Wildman–Crippen MR) is 108 cm³/mol. The molecule has 148 valence electrons. The van der Waals surface area contributed by atoms with E-state index in [1.807, 2.05) is 0 Å². The molecule has 1 saturated heterocycles. The third-order valence-corrected chi connectivity index (χ3v) is 5.00. The highest BCUT2D eigenvalue weighted by Gasteiger charge is 2.36. The van der Waals surface area contributed by atoms with Crippen LogP contribution in [-0.2, 0) is 9.59 Å². The lowest BCUT2D eigenvalue weighted by molar-refractivity contribution is -0.142. The Kier molecular flexibility index (Phi) is 6.41. The van der Waals surface area contributed by atoms with Crippen molar-refractivity contribution in [3.63, 3.8) is 0 Å². The van der Waals surface area contributed by atoms with E-state index in [-0.39, 0.29) is 11.8 Å². The van der Waals surface area contributed by atoms with E-state index < -0.39 is 12.1 Å². The number of carbonyl (C=O) groups excluding carboxylic acids is 2. The van der Waals surface area contributed by atoms with Crippen LogP contribution in [0.2, 0.25) is 5.02 Å². The summed E-state index contributed by atoms with van der Waals surface area (Å²) >= 11 is 6.10. The van der Waals surface area contributed by atoms with Crippen molar-refractivity contribution in [2.24, 2.45) is 0 Å². The van der Waals surface area contributed by atoms with Crippen molar-refractivity contribution in [2.45, 2.75) is 31.9 Å². The first kappa shape index (κ1) is 20.0. The van der Waals surface area contributed by atoms with Gasteiger partial charge in [-0.05, 0) is 56.2 Å². The van der Waals surface area contributed by atoms with Gasteiger partial charge in [-0.3, -0.25) is 9.59 Å². The van der Waals surface area contributed by atoms with Crippen LogP contribution in [0.3, 0.4) is 0 Å². The topological polar surface area (TPSA) is 67.9 Å². The van der Waals surface area contributed by atoms with Crippen LogP contribution in [0.25, 0.3) is 0 Å². The van der Waals surface area contributed by atoms with Crippen molar-refractivity contribution in [1.29, 1.82) is 0 Å². The highest BCUT2D eigenvalue weighted by atomic mass is 35.5. The van der Waals surface area contributed by atoms with Crippen molar-refractivity contribution in [2.75, 3.05) is 19.0 Å². The van der Waals surface area contributed by atoms with Gasteiger partial charge in [0.2, 0.25) is 5.91 Å². The zero-order chi connectivity index (χ0) is 20.1. The normalized spacial score (nSPS) is 17.1. The molecule has 2 atom stereocenters. The maximum Gasteiger partial charge on any atom is 0.264 e. The first-order valence-electron chi connectivity index (χ1n) is 9.16. The van der Waals surface area contributed by atoms with Gasteiger partial charge in [-0.2, -0.15) is 0 Å². The van der Waals surface area contributed by atoms with E-state index in [4.69, 9.17) is 21.1 Å². The summed E-state index contributed by atoms with van der Waals surface area (Å²) in [6.07, 6.45) is 0.645. The minimum atomic E-state index is -0.741. The molecule has 0 bridgehead atoms. The van der Waals surface area contributed by atoms with Crippen molar-refractivity contribution in [1.82, 2.24) is 4.90 Å².